The van der Waals surface area contributed by atoms with Crippen LogP contribution in [0.3, 0.4) is 0 Å². The van der Waals surface area contributed by atoms with Crippen molar-refractivity contribution in [3.05, 3.63) is 28.3 Å². The van der Waals surface area contributed by atoms with Gasteiger partial charge in [0, 0.05) is 12.5 Å². The van der Waals surface area contributed by atoms with Gasteiger partial charge in [-0.3, -0.25) is 0 Å². The molecule has 0 bridgehead atoms. The van der Waals surface area contributed by atoms with E-state index >= 15 is 0 Å². The minimum absolute atomic E-state index is 0.299. The molecule has 0 amide bonds. The Morgan fingerprint density at radius 2 is 2.24 bits per heavy atom. The normalized spacial score (nSPS) is 13.4. The number of rotatable bonds is 4. The summed E-state index contributed by atoms with van der Waals surface area (Å²) in [4.78, 5) is 11.4. The first-order valence-electron chi connectivity index (χ1n) is 5.72. The molecule has 0 saturated carbocycles. The second-order valence-corrected chi connectivity index (χ2v) is 4.47. The number of nitrogens with zero attached hydrogens (tertiary/aromatic N) is 3. The van der Waals surface area contributed by atoms with Crippen molar-refractivity contribution in [2.45, 2.75) is 26.3 Å². The summed E-state index contributed by atoms with van der Waals surface area (Å²) in [6.07, 6.45) is 0.793. The average Bonchev–Trinajstić information content (AvgIpc) is 2.67. The van der Waals surface area contributed by atoms with Crippen molar-refractivity contribution >= 4 is 5.65 Å². The van der Waals surface area contributed by atoms with Gasteiger partial charge in [0.2, 0.25) is 0 Å². The predicted octanol–water partition coefficient (Wildman–Crippen LogP) is 0.204. The van der Waals surface area contributed by atoms with Gasteiger partial charge in [0.1, 0.15) is 0 Å². The number of fused-ring (bicyclic) bond motifs is 1. The first-order valence-corrected chi connectivity index (χ1v) is 5.72. The Labute approximate surface area is 99.0 Å². The molecule has 92 valence electrons. The van der Waals surface area contributed by atoms with Crippen molar-refractivity contribution in [3.8, 4) is 0 Å². The van der Waals surface area contributed by atoms with E-state index < -0.39 is 0 Å². The highest BCUT2D eigenvalue weighted by Gasteiger charge is 2.13. The number of aromatic amines is 1. The van der Waals surface area contributed by atoms with Gasteiger partial charge in [-0.05, 0) is 25.1 Å². The van der Waals surface area contributed by atoms with Crippen LogP contribution >= 0.6 is 0 Å². The highest BCUT2D eigenvalue weighted by atomic mass is 16.2. The molecule has 0 aliphatic rings. The molecule has 0 spiro atoms. The molecule has 2 aromatic heterocycles. The molecular formula is C11H17N5O. The Bertz CT molecular complexity index is 556. The van der Waals surface area contributed by atoms with Gasteiger partial charge in [-0.2, -0.15) is 14.7 Å². The van der Waals surface area contributed by atoms with E-state index in [9.17, 15) is 4.79 Å². The maximum absolute atomic E-state index is 11.4. The predicted molar refractivity (Wildman–Crippen MR) is 65.0 cm³/mol. The minimum atomic E-state index is -0.299. The lowest BCUT2D eigenvalue weighted by atomic mass is 9.99. The smallest absolute Gasteiger partial charge is 0.316 e. The number of likely N-dealkylation sites (N-methyl/N-ethyl adjacent to an activating group) is 1. The van der Waals surface area contributed by atoms with Crippen LogP contribution in [0.25, 0.3) is 5.65 Å². The summed E-state index contributed by atoms with van der Waals surface area (Å²) in [5.41, 5.74) is 1.13. The molecule has 0 aliphatic carbocycles. The van der Waals surface area contributed by atoms with Crippen LogP contribution in [0.4, 0.5) is 0 Å². The molecular weight excluding hydrogens is 218 g/mol. The Morgan fingerprint density at radius 1 is 1.47 bits per heavy atom. The monoisotopic (exact) mass is 235 g/mol. The van der Waals surface area contributed by atoms with E-state index in [1.165, 1.54) is 4.52 Å². The van der Waals surface area contributed by atoms with Gasteiger partial charge in [-0.15, -0.1) is 0 Å². The van der Waals surface area contributed by atoms with Crippen LogP contribution in [0, 0.1) is 5.92 Å². The molecule has 1 unspecified atom stereocenters. The summed E-state index contributed by atoms with van der Waals surface area (Å²) in [6, 6.07) is 4.05. The minimum Gasteiger partial charge on any atom is -0.316 e. The number of hydrogen-bond donors (Lipinski definition) is 2. The van der Waals surface area contributed by atoms with Crippen LogP contribution in [0.1, 0.15) is 19.5 Å². The lowest BCUT2D eigenvalue weighted by Crippen LogP contribution is -2.33. The molecule has 6 heteroatoms. The van der Waals surface area contributed by atoms with Crippen molar-refractivity contribution in [3.63, 3.8) is 0 Å². The van der Waals surface area contributed by atoms with Crippen molar-refractivity contribution in [2.24, 2.45) is 5.92 Å². The van der Waals surface area contributed by atoms with Gasteiger partial charge in [0.05, 0.1) is 5.69 Å². The summed E-state index contributed by atoms with van der Waals surface area (Å²) in [7, 11) is 1.94. The SMILES string of the molecule is CNC(Cc1ccc2n[nH]c(=O)n2n1)C(C)C. The fraction of sp³-hybridized carbons (Fsp3) is 0.545. The Kier molecular flexibility index (Phi) is 3.23. The highest BCUT2D eigenvalue weighted by molar-refractivity contribution is 5.34. The van der Waals surface area contributed by atoms with Gasteiger partial charge in [-0.25, -0.2) is 9.89 Å². The number of aromatic nitrogens is 4. The van der Waals surface area contributed by atoms with E-state index in [-0.39, 0.29) is 5.69 Å². The maximum Gasteiger partial charge on any atom is 0.364 e. The van der Waals surface area contributed by atoms with Crippen LogP contribution in [-0.4, -0.2) is 32.9 Å². The summed E-state index contributed by atoms with van der Waals surface area (Å²) in [5, 5.41) is 13.7. The molecule has 0 aliphatic heterocycles. The molecule has 0 radical (unpaired) electrons. The number of H-pyrrole nitrogens is 1. The molecule has 17 heavy (non-hydrogen) atoms. The van der Waals surface area contributed by atoms with Gasteiger partial charge >= 0.3 is 5.69 Å². The first kappa shape index (κ1) is 11.8. The number of hydrogen-bond acceptors (Lipinski definition) is 4. The molecule has 0 aromatic carbocycles. The van der Waals surface area contributed by atoms with E-state index in [0.717, 1.165) is 12.1 Å². The Balaban J connectivity index is 2.30. The average molecular weight is 235 g/mol. The van der Waals surface area contributed by atoms with Crippen LogP contribution in [0.2, 0.25) is 0 Å². The van der Waals surface area contributed by atoms with Crippen LogP contribution in [-0.2, 0) is 6.42 Å². The van der Waals surface area contributed by atoms with Gasteiger partial charge in [0.15, 0.2) is 5.65 Å². The molecule has 2 N–H and O–H groups in total. The highest BCUT2D eigenvalue weighted by Crippen LogP contribution is 2.08. The molecule has 6 nitrogen and oxygen atoms in total. The molecule has 0 fully saturated rings. The standard InChI is InChI=1S/C11H17N5O/c1-7(2)9(12-3)6-8-4-5-10-13-14-11(17)16(10)15-8/h4-5,7,9,12H,6H2,1-3H3,(H,14,17). The molecule has 2 aromatic rings. The van der Waals surface area contributed by atoms with Crippen LogP contribution in [0.15, 0.2) is 16.9 Å². The maximum atomic E-state index is 11.4. The molecule has 2 rings (SSSR count). The molecule has 2 heterocycles. The van der Waals surface area contributed by atoms with E-state index in [4.69, 9.17) is 0 Å². The summed E-state index contributed by atoms with van der Waals surface area (Å²) < 4.78 is 1.29. The number of nitrogens with one attached hydrogen (secondary N) is 2. The lowest BCUT2D eigenvalue weighted by Gasteiger charge is -2.19. The summed E-state index contributed by atoms with van der Waals surface area (Å²) in [5.74, 6) is 0.513. The van der Waals surface area contributed by atoms with Crippen LogP contribution < -0.4 is 11.0 Å². The summed E-state index contributed by atoms with van der Waals surface area (Å²) in [6.45, 7) is 4.31. The zero-order valence-corrected chi connectivity index (χ0v) is 10.3. The largest absolute Gasteiger partial charge is 0.364 e. The zero-order valence-electron chi connectivity index (χ0n) is 10.3. The molecule has 1 atom stereocenters. The van der Waals surface area contributed by atoms with Gasteiger partial charge in [0.25, 0.3) is 0 Å². The third kappa shape index (κ3) is 2.36. The van der Waals surface area contributed by atoms with E-state index in [2.05, 4.69) is 34.5 Å². The fourth-order valence-corrected chi connectivity index (χ4v) is 1.85. The second-order valence-electron chi connectivity index (χ2n) is 4.47. The molecule has 0 saturated heterocycles. The second kappa shape index (κ2) is 4.67. The first-order chi connectivity index (χ1) is 8.11. The van der Waals surface area contributed by atoms with Crippen molar-refractivity contribution in [2.75, 3.05) is 7.05 Å². The van der Waals surface area contributed by atoms with Gasteiger partial charge in [-0.1, -0.05) is 13.8 Å². The van der Waals surface area contributed by atoms with Gasteiger partial charge < -0.3 is 5.32 Å². The topological polar surface area (TPSA) is 75.1 Å². The Hall–Kier alpha value is -1.69. The van der Waals surface area contributed by atoms with E-state index in [0.29, 0.717) is 17.6 Å². The van der Waals surface area contributed by atoms with Crippen molar-refractivity contribution in [1.82, 2.24) is 25.1 Å². The quantitative estimate of drug-likeness (QED) is 0.794. The third-order valence-electron chi connectivity index (χ3n) is 2.93. The van der Waals surface area contributed by atoms with Crippen LogP contribution in [0.5, 0.6) is 0 Å². The van der Waals surface area contributed by atoms with Crippen molar-refractivity contribution in [1.29, 1.82) is 0 Å². The van der Waals surface area contributed by atoms with E-state index in [1.54, 1.807) is 6.07 Å². The lowest BCUT2D eigenvalue weighted by molar-refractivity contribution is 0.419. The zero-order chi connectivity index (χ0) is 12.4. The fourth-order valence-electron chi connectivity index (χ4n) is 1.85. The summed E-state index contributed by atoms with van der Waals surface area (Å²) >= 11 is 0. The van der Waals surface area contributed by atoms with Crippen molar-refractivity contribution < 1.29 is 0 Å². The third-order valence-corrected chi connectivity index (χ3v) is 2.93. The van der Waals surface area contributed by atoms with E-state index in [1.807, 2.05) is 13.1 Å². The Morgan fingerprint density at radius 3 is 2.88 bits per heavy atom.